The molecular formula is C13H15ClN2O5. The zero-order valence-corrected chi connectivity index (χ0v) is 12.5. The summed E-state index contributed by atoms with van der Waals surface area (Å²) in [4.78, 5) is 34.8. The first-order chi connectivity index (χ1) is 9.55. The number of carboxylic acid groups (broad SMARTS) is 1. The van der Waals surface area contributed by atoms with E-state index in [2.05, 4.69) is 0 Å². The molecule has 0 bridgehead atoms. The molecule has 0 fully saturated rings. The van der Waals surface area contributed by atoms with Gasteiger partial charge in [-0.1, -0.05) is 17.7 Å². The van der Waals surface area contributed by atoms with Crippen molar-refractivity contribution in [2.24, 2.45) is 0 Å². The Labute approximate surface area is 126 Å². The van der Waals surface area contributed by atoms with Crippen molar-refractivity contribution < 1.29 is 19.6 Å². The standard InChI is InChI=1S/C13H15ClN2O5/c1-13(2,3)15(7-10(17)18)12(19)8-5-4-6-9(14)11(8)16(20)21/h4-6H,7H2,1-3H3,(H,17,18). The summed E-state index contributed by atoms with van der Waals surface area (Å²) in [6.07, 6.45) is 0. The van der Waals surface area contributed by atoms with Crippen LogP contribution in [-0.2, 0) is 4.79 Å². The van der Waals surface area contributed by atoms with Crippen LogP contribution in [0, 0.1) is 10.1 Å². The molecule has 0 atom stereocenters. The van der Waals surface area contributed by atoms with E-state index in [1.165, 1.54) is 18.2 Å². The third-order valence-electron chi connectivity index (χ3n) is 2.75. The largest absolute Gasteiger partial charge is 0.480 e. The maximum Gasteiger partial charge on any atom is 0.323 e. The molecule has 0 saturated carbocycles. The summed E-state index contributed by atoms with van der Waals surface area (Å²) in [5, 5.41) is 19.8. The van der Waals surface area contributed by atoms with E-state index in [1.54, 1.807) is 20.8 Å². The number of nitro benzene ring substituents is 1. The maximum absolute atomic E-state index is 12.5. The first-order valence-corrected chi connectivity index (χ1v) is 6.40. The minimum Gasteiger partial charge on any atom is -0.480 e. The molecule has 21 heavy (non-hydrogen) atoms. The van der Waals surface area contributed by atoms with Crippen LogP contribution in [0.25, 0.3) is 0 Å². The Bertz CT molecular complexity index is 595. The zero-order valence-electron chi connectivity index (χ0n) is 11.8. The highest BCUT2D eigenvalue weighted by Crippen LogP contribution is 2.30. The number of carbonyl (C=O) groups excluding carboxylic acids is 1. The van der Waals surface area contributed by atoms with Crippen LogP contribution in [0.5, 0.6) is 0 Å². The number of carbonyl (C=O) groups is 2. The molecule has 0 aliphatic heterocycles. The lowest BCUT2D eigenvalue weighted by Gasteiger charge is -2.34. The second-order valence-corrected chi connectivity index (χ2v) is 5.76. The smallest absolute Gasteiger partial charge is 0.323 e. The molecule has 7 nitrogen and oxygen atoms in total. The first-order valence-electron chi connectivity index (χ1n) is 6.02. The van der Waals surface area contributed by atoms with Gasteiger partial charge in [0.25, 0.3) is 5.91 Å². The lowest BCUT2D eigenvalue weighted by atomic mass is 10.0. The van der Waals surface area contributed by atoms with E-state index < -0.39 is 34.6 Å². The predicted molar refractivity (Wildman–Crippen MR) is 76.5 cm³/mol. The van der Waals surface area contributed by atoms with Crippen LogP contribution < -0.4 is 0 Å². The van der Waals surface area contributed by atoms with Gasteiger partial charge in [0.15, 0.2) is 0 Å². The van der Waals surface area contributed by atoms with Crippen molar-refractivity contribution in [1.29, 1.82) is 0 Å². The molecule has 0 aliphatic carbocycles. The monoisotopic (exact) mass is 314 g/mol. The molecule has 1 rings (SSSR count). The van der Waals surface area contributed by atoms with Crippen LogP contribution in [0.1, 0.15) is 31.1 Å². The van der Waals surface area contributed by atoms with Crippen LogP contribution in [0.2, 0.25) is 5.02 Å². The lowest BCUT2D eigenvalue weighted by molar-refractivity contribution is -0.385. The zero-order chi connectivity index (χ0) is 16.4. The molecule has 0 spiro atoms. The van der Waals surface area contributed by atoms with Gasteiger partial charge in [0.05, 0.1) is 4.92 Å². The summed E-state index contributed by atoms with van der Waals surface area (Å²) in [6.45, 7) is 4.37. The molecule has 0 aliphatic rings. The van der Waals surface area contributed by atoms with Gasteiger partial charge in [-0.2, -0.15) is 0 Å². The van der Waals surface area contributed by atoms with Crippen molar-refractivity contribution in [1.82, 2.24) is 4.90 Å². The average molecular weight is 315 g/mol. The number of aliphatic carboxylic acids is 1. The van der Waals surface area contributed by atoms with Gasteiger partial charge in [0.1, 0.15) is 17.1 Å². The number of nitro groups is 1. The Morgan fingerprint density at radius 1 is 1.38 bits per heavy atom. The fraction of sp³-hybridized carbons (Fsp3) is 0.385. The number of hydrogen-bond donors (Lipinski definition) is 1. The van der Waals surface area contributed by atoms with Crippen molar-refractivity contribution in [2.45, 2.75) is 26.3 Å². The van der Waals surface area contributed by atoms with E-state index in [4.69, 9.17) is 16.7 Å². The number of amides is 1. The fourth-order valence-electron chi connectivity index (χ4n) is 1.77. The average Bonchev–Trinajstić information content (AvgIpc) is 2.32. The highest BCUT2D eigenvalue weighted by molar-refractivity contribution is 6.33. The topological polar surface area (TPSA) is 101 Å². The number of nitrogens with zero attached hydrogens (tertiary/aromatic N) is 2. The van der Waals surface area contributed by atoms with Gasteiger partial charge in [-0.3, -0.25) is 19.7 Å². The van der Waals surface area contributed by atoms with Crippen LogP contribution in [0.3, 0.4) is 0 Å². The van der Waals surface area contributed by atoms with Crippen molar-refractivity contribution >= 4 is 29.2 Å². The molecule has 1 amide bonds. The van der Waals surface area contributed by atoms with Crippen LogP contribution in [-0.4, -0.2) is 38.9 Å². The van der Waals surface area contributed by atoms with Gasteiger partial charge < -0.3 is 10.0 Å². The van der Waals surface area contributed by atoms with Crippen molar-refractivity contribution in [2.75, 3.05) is 6.54 Å². The molecule has 8 heteroatoms. The summed E-state index contributed by atoms with van der Waals surface area (Å²) in [7, 11) is 0. The summed E-state index contributed by atoms with van der Waals surface area (Å²) in [5.74, 6) is -1.96. The molecule has 1 aromatic rings. The minimum atomic E-state index is -1.21. The maximum atomic E-state index is 12.5. The first kappa shape index (κ1) is 16.9. The van der Waals surface area contributed by atoms with Crippen LogP contribution >= 0.6 is 11.6 Å². The summed E-state index contributed by atoms with van der Waals surface area (Å²) in [5.41, 5.74) is -1.57. The van der Waals surface area contributed by atoms with Crippen LogP contribution in [0.15, 0.2) is 18.2 Å². The van der Waals surface area contributed by atoms with E-state index in [0.717, 1.165) is 4.90 Å². The third-order valence-corrected chi connectivity index (χ3v) is 3.05. The number of halogens is 1. The van der Waals surface area contributed by atoms with Gasteiger partial charge >= 0.3 is 11.7 Å². The van der Waals surface area contributed by atoms with E-state index in [0.29, 0.717) is 0 Å². The van der Waals surface area contributed by atoms with Crippen molar-refractivity contribution in [3.05, 3.63) is 38.9 Å². The Morgan fingerprint density at radius 3 is 2.38 bits per heavy atom. The van der Waals surface area contributed by atoms with Gasteiger partial charge in [0.2, 0.25) is 0 Å². The van der Waals surface area contributed by atoms with Crippen molar-refractivity contribution in [3.63, 3.8) is 0 Å². The number of carboxylic acids is 1. The van der Waals surface area contributed by atoms with Gasteiger partial charge in [-0.25, -0.2) is 0 Å². The second kappa shape index (κ2) is 6.09. The van der Waals surface area contributed by atoms with E-state index >= 15 is 0 Å². The Hall–Kier alpha value is -2.15. The lowest BCUT2D eigenvalue weighted by Crippen LogP contribution is -2.48. The molecule has 0 saturated heterocycles. The molecule has 0 heterocycles. The molecule has 0 unspecified atom stereocenters. The summed E-state index contributed by atoms with van der Waals surface area (Å²) in [6, 6.07) is 3.96. The van der Waals surface area contributed by atoms with Gasteiger partial charge in [-0.15, -0.1) is 0 Å². The van der Waals surface area contributed by atoms with E-state index in [1.807, 2.05) is 0 Å². The van der Waals surface area contributed by atoms with E-state index in [9.17, 15) is 19.7 Å². The Kier molecular flexibility index (Phi) is 4.90. The number of benzene rings is 1. The summed E-state index contributed by atoms with van der Waals surface area (Å²) < 4.78 is 0. The quantitative estimate of drug-likeness (QED) is 0.680. The second-order valence-electron chi connectivity index (χ2n) is 5.35. The van der Waals surface area contributed by atoms with Crippen LogP contribution in [0.4, 0.5) is 5.69 Å². The number of para-hydroxylation sites is 1. The highest BCUT2D eigenvalue weighted by atomic mass is 35.5. The molecule has 0 radical (unpaired) electrons. The van der Waals surface area contributed by atoms with Crippen molar-refractivity contribution in [3.8, 4) is 0 Å². The predicted octanol–water partition coefficient (Wildman–Crippen LogP) is 2.57. The SMILES string of the molecule is CC(C)(C)N(CC(=O)O)C(=O)c1cccc(Cl)c1[N+](=O)[O-]. The fourth-order valence-corrected chi connectivity index (χ4v) is 2.01. The minimum absolute atomic E-state index is 0.171. The number of rotatable bonds is 4. The normalized spacial score (nSPS) is 11.0. The highest BCUT2D eigenvalue weighted by Gasteiger charge is 2.33. The van der Waals surface area contributed by atoms with Gasteiger partial charge in [-0.05, 0) is 32.9 Å². The summed E-state index contributed by atoms with van der Waals surface area (Å²) >= 11 is 5.76. The third kappa shape index (κ3) is 3.91. The Morgan fingerprint density at radius 2 is 1.95 bits per heavy atom. The molecule has 1 aromatic carbocycles. The molecule has 114 valence electrons. The molecule has 1 N–H and O–H groups in total. The molecule has 0 aromatic heterocycles. The van der Waals surface area contributed by atoms with Gasteiger partial charge in [0, 0.05) is 5.54 Å². The Balaban J connectivity index is 3.37. The van der Waals surface area contributed by atoms with E-state index in [-0.39, 0.29) is 10.6 Å². The molecular weight excluding hydrogens is 300 g/mol. The number of hydrogen-bond acceptors (Lipinski definition) is 4.